The number of likely N-dealkylation sites (N-methyl/N-ethyl adjacent to an activating group) is 2. The zero-order chi connectivity index (χ0) is 21.3. The van der Waals surface area contributed by atoms with Crippen LogP contribution >= 0.6 is 0 Å². The van der Waals surface area contributed by atoms with E-state index in [2.05, 4.69) is 63.8 Å². The van der Waals surface area contributed by atoms with Gasteiger partial charge in [0.05, 0.1) is 5.69 Å². The first-order chi connectivity index (χ1) is 14.5. The summed E-state index contributed by atoms with van der Waals surface area (Å²) >= 11 is 0. The van der Waals surface area contributed by atoms with Crippen LogP contribution < -0.4 is 5.32 Å². The van der Waals surface area contributed by atoms with Crippen molar-refractivity contribution in [2.75, 3.05) is 20.6 Å². The van der Waals surface area contributed by atoms with Crippen LogP contribution in [0.15, 0.2) is 48.4 Å². The number of benzene rings is 1. The topological polar surface area (TPSA) is 47.2 Å². The predicted molar refractivity (Wildman–Crippen MR) is 119 cm³/mol. The summed E-state index contributed by atoms with van der Waals surface area (Å²) in [5.41, 5.74) is 7.95. The van der Waals surface area contributed by atoms with E-state index in [1.54, 1.807) is 12.1 Å². The average Bonchev–Trinajstić information content (AvgIpc) is 3.21. The van der Waals surface area contributed by atoms with E-state index in [9.17, 15) is 4.39 Å². The molecule has 0 saturated carbocycles. The van der Waals surface area contributed by atoms with Gasteiger partial charge in [0.1, 0.15) is 12.0 Å². The first-order valence-electron chi connectivity index (χ1n) is 10.5. The van der Waals surface area contributed by atoms with Gasteiger partial charge in [-0.05, 0) is 80.6 Å². The molecule has 0 bridgehead atoms. The summed E-state index contributed by atoms with van der Waals surface area (Å²) < 4.78 is 14.1. The highest BCUT2D eigenvalue weighted by Crippen LogP contribution is 2.32. The molecule has 1 atom stereocenters. The third-order valence-corrected chi connectivity index (χ3v) is 6.00. The minimum atomic E-state index is -0.181. The summed E-state index contributed by atoms with van der Waals surface area (Å²) in [6.45, 7) is 4.89. The minimum absolute atomic E-state index is 0.181. The molecule has 0 spiro atoms. The van der Waals surface area contributed by atoms with Gasteiger partial charge in [0.25, 0.3) is 0 Å². The lowest BCUT2D eigenvalue weighted by Crippen LogP contribution is -2.36. The molecular weight excluding hydrogens is 377 g/mol. The highest BCUT2D eigenvalue weighted by Gasteiger charge is 2.29. The number of rotatable bonds is 7. The maximum absolute atomic E-state index is 14.1. The number of nitrogens with one attached hydrogen (secondary N) is 2. The molecule has 3 heterocycles. The molecule has 1 unspecified atom stereocenters. The van der Waals surface area contributed by atoms with Crippen molar-refractivity contribution in [3.63, 3.8) is 0 Å². The standard InChI is InChI=1S/C24H30FN5/c1-16-22(17(2)28-27-16)7-5-6-18-12-20(25)9-10-23(18)19-8-11-24-29(4)15-21(13-26-3)30(24)14-19/h8-12,14-15,24,26H,5-7,13H2,1-4H3,(H,27,28). The average molecular weight is 408 g/mol. The van der Waals surface area contributed by atoms with Crippen molar-refractivity contribution < 1.29 is 4.39 Å². The highest BCUT2D eigenvalue weighted by molar-refractivity contribution is 5.77. The zero-order valence-corrected chi connectivity index (χ0v) is 18.2. The zero-order valence-electron chi connectivity index (χ0n) is 18.2. The van der Waals surface area contributed by atoms with Gasteiger partial charge in [0, 0.05) is 37.4 Å². The molecule has 1 aromatic carbocycles. The van der Waals surface area contributed by atoms with Crippen molar-refractivity contribution in [2.24, 2.45) is 0 Å². The fraction of sp³-hybridized carbons (Fsp3) is 0.375. The van der Waals surface area contributed by atoms with Gasteiger partial charge in [-0.1, -0.05) is 12.1 Å². The lowest BCUT2D eigenvalue weighted by molar-refractivity contribution is 0.265. The smallest absolute Gasteiger partial charge is 0.124 e. The van der Waals surface area contributed by atoms with Gasteiger partial charge >= 0.3 is 0 Å². The molecule has 0 radical (unpaired) electrons. The number of halogens is 1. The first kappa shape index (κ1) is 20.4. The maximum atomic E-state index is 14.1. The van der Waals surface area contributed by atoms with E-state index in [4.69, 9.17) is 0 Å². The van der Waals surface area contributed by atoms with Crippen LogP contribution in [0.4, 0.5) is 4.39 Å². The monoisotopic (exact) mass is 407 g/mol. The van der Waals surface area contributed by atoms with Crippen LogP contribution in [0, 0.1) is 19.7 Å². The number of hydrogen-bond acceptors (Lipinski definition) is 4. The second-order valence-electron chi connectivity index (χ2n) is 8.15. The van der Waals surface area contributed by atoms with Crippen LogP contribution in [-0.2, 0) is 12.8 Å². The Morgan fingerprint density at radius 1 is 1.20 bits per heavy atom. The number of aromatic nitrogens is 2. The van der Waals surface area contributed by atoms with Crippen molar-refractivity contribution in [1.29, 1.82) is 0 Å². The van der Waals surface area contributed by atoms with Gasteiger partial charge in [-0.25, -0.2) is 4.39 Å². The van der Waals surface area contributed by atoms with E-state index in [0.29, 0.717) is 0 Å². The molecule has 0 aliphatic carbocycles. The van der Waals surface area contributed by atoms with Crippen LogP contribution in [0.1, 0.15) is 34.5 Å². The Hall–Kier alpha value is -2.86. The molecule has 2 aliphatic heterocycles. The van der Waals surface area contributed by atoms with E-state index in [1.807, 2.05) is 20.0 Å². The third-order valence-electron chi connectivity index (χ3n) is 6.00. The van der Waals surface area contributed by atoms with Crippen molar-refractivity contribution in [1.82, 2.24) is 25.3 Å². The number of aryl methyl sites for hydroxylation is 3. The lowest BCUT2D eigenvalue weighted by Gasteiger charge is -2.31. The molecule has 1 aromatic heterocycles. The number of aromatic amines is 1. The van der Waals surface area contributed by atoms with Crippen LogP contribution in [0.5, 0.6) is 0 Å². The Morgan fingerprint density at radius 2 is 2.03 bits per heavy atom. The van der Waals surface area contributed by atoms with Crippen molar-refractivity contribution in [3.05, 3.63) is 82.3 Å². The molecule has 30 heavy (non-hydrogen) atoms. The number of hydrogen-bond donors (Lipinski definition) is 2. The molecule has 4 rings (SSSR count). The maximum Gasteiger partial charge on any atom is 0.124 e. The van der Waals surface area contributed by atoms with E-state index >= 15 is 0 Å². The molecule has 2 N–H and O–H groups in total. The minimum Gasteiger partial charge on any atom is -0.355 e. The predicted octanol–water partition coefficient (Wildman–Crippen LogP) is 3.89. The fourth-order valence-electron chi connectivity index (χ4n) is 4.44. The fourth-order valence-corrected chi connectivity index (χ4v) is 4.44. The van der Waals surface area contributed by atoms with Gasteiger partial charge in [-0.3, -0.25) is 5.10 Å². The normalized spacial score (nSPS) is 18.0. The molecule has 0 saturated heterocycles. The number of fused-ring (bicyclic) bond motifs is 1. The second kappa shape index (κ2) is 8.48. The summed E-state index contributed by atoms with van der Waals surface area (Å²) in [6.07, 6.45) is 11.7. The summed E-state index contributed by atoms with van der Waals surface area (Å²) in [6, 6.07) is 5.16. The van der Waals surface area contributed by atoms with E-state index in [-0.39, 0.29) is 12.0 Å². The Labute approximate surface area is 178 Å². The van der Waals surface area contributed by atoms with Gasteiger partial charge < -0.3 is 15.1 Å². The number of allylic oxidation sites excluding steroid dienone is 2. The van der Waals surface area contributed by atoms with Crippen LogP contribution in [0.3, 0.4) is 0 Å². The third kappa shape index (κ3) is 3.92. The van der Waals surface area contributed by atoms with Gasteiger partial charge in [-0.15, -0.1) is 0 Å². The summed E-state index contributed by atoms with van der Waals surface area (Å²) in [7, 11) is 4.05. The second-order valence-corrected chi connectivity index (χ2v) is 8.15. The molecule has 0 amide bonds. The molecule has 6 heteroatoms. The van der Waals surface area contributed by atoms with Crippen LogP contribution in [0.25, 0.3) is 5.57 Å². The summed E-state index contributed by atoms with van der Waals surface area (Å²) in [5, 5.41) is 10.6. The highest BCUT2D eigenvalue weighted by atomic mass is 19.1. The van der Waals surface area contributed by atoms with Gasteiger partial charge in [-0.2, -0.15) is 5.10 Å². The SMILES string of the molecule is CNCC1=CN(C)C2C=CC(c3ccc(F)cc3CCCc3c(C)n[nH]c3C)=CN12. The van der Waals surface area contributed by atoms with E-state index in [0.717, 1.165) is 53.9 Å². The Balaban J connectivity index is 1.56. The Morgan fingerprint density at radius 3 is 2.77 bits per heavy atom. The molecule has 5 nitrogen and oxygen atoms in total. The van der Waals surface area contributed by atoms with Crippen LogP contribution in [0.2, 0.25) is 0 Å². The lowest BCUT2D eigenvalue weighted by atomic mass is 9.93. The number of nitrogens with zero attached hydrogens (tertiary/aromatic N) is 3. The molecule has 158 valence electrons. The van der Waals surface area contributed by atoms with Crippen molar-refractivity contribution in [3.8, 4) is 0 Å². The molecular formula is C24H30FN5. The van der Waals surface area contributed by atoms with Crippen LogP contribution in [-0.4, -0.2) is 46.8 Å². The molecule has 2 aliphatic rings. The first-order valence-corrected chi connectivity index (χ1v) is 10.5. The molecule has 2 aromatic rings. The van der Waals surface area contributed by atoms with Gasteiger partial charge in [0.2, 0.25) is 0 Å². The van der Waals surface area contributed by atoms with E-state index < -0.39 is 0 Å². The summed E-state index contributed by atoms with van der Waals surface area (Å²) in [4.78, 5) is 4.49. The van der Waals surface area contributed by atoms with Gasteiger partial charge in [0.15, 0.2) is 0 Å². The largest absolute Gasteiger partial charge is 0.355 e. The number of H-pyrrole nitrogens is 1. The quantitative estimate of drug-likeness (QED) is 0.731. The molecule has 0 fully saturated rings. The Bertz CT molecular complexity index is 997. The van der Waals surface area contributed by atoms with E-state index in [1.165, 1.54) is 11.3 Å². The van der Waals surface area contributed by atoms with Crippen molar-refractivity contribution >= 4 is 5.57 Å². The Kier molecular flexibility index (Phi) is 5.77. The van der Waals surface area contributed by atoms with Crippen molar-refractivity contribution in [2.45, 2.75) is 39.3 Å². The summed E-state index contributed by atoms with van der Waals surface area (Å²) in [5.74, 6) is -0.181.